The highest BCUT2D eigenvalue weighted by atomic mass is 35.5. The molecule has 1 N–H and O–H groups in total. The summed E-state index contributed by atoms with van der Waals surface area (Å²) in [5, 5.41) is 14.5. The summed E-state index contributed by atoms with van der Waals surface area (Å²) in [6, 6.07) is 11.0. The molecule has 1 amide bonds. The molecule has 2 rings (SSSR count). The summed E-state index contributed by atoms with van der Waals surface area (Å²) in [7, 11) is 0. The van der Waals surface area contributed by atoms with Crippen LogP contribution in [0.5, 0.6) is 0 Å². The molecular weight excluding hydrogens is 357 g/mol. The van der Waals surface area contributed by atoms with Crippen molar-refractivity contribution in [3.05, 3.63) is 63.6 Å². The van der Waals surface area contributed by atoms with E-state index >= 15 is 0 Å². The predicted octanol–water partition coefficient (Wildman–Crippen LogP) is 3.23. The first-order valence-corrected chi connectivity index (χ1v) is 8.50. The van der Waals surface area contributed by atoms with Gasteiger partial charge in [-0.2, -0.15) is 0 Å². The van der Waals surface area contributed by atoms with Gasteiger partial charge in [-0.15, -0.1) is 11.8 Å². The number of benzene rings is 2. The molecule has 23 heavy (non-hydrogen) atoms. The van der Waals surface area contributed by atoms with Crippen LogP contribution in [-0.4, -0.2) is 17.6 Å². The van der Waals surface area contributed by atoms with Gasteiger partial charge in [0.15, 0.2) is 0 Å². The van der Waals surface area contributed by atoms with Crippen molar-refractivity contribution in [1.82, 2.24) is 0 Å². The molecule has 0 saturated heterocycles. The molecule has 0 bridgehead atoms. The fraction of sp³-hybridized carbons (Fsp3) is 0.125. The Labute approximate surface area is 147 Å². The quantitative estimate of drug-likeness (QED) is 0.849. The van der Waals surface area contributed by atoms with E-state index in [4.69, 9.17) is 23.2 Å². The van der Waals surface area contributed by atoms with Gasteiger partial charge >= 0.3 is 0 Å². The normalized spacial score (nSPS) is 10.3. The Kier molecular flexibility index (Phi) is 6.33. The monoisotopic (exact) mass is 368 g/mol. The van der Waals surface area contributed by atoms with Crippen molar-refractivity contribution in [3.63, 3.8) is 0 Å². The van der Waals surface area contributed by atoms with E-state index in [9.17, 15) is 14.7 Å². The molecule has 7 heteroatoms. The second-order valence-corrected chi connectivity index (χ2v) is 6.41. The minimum Gasteiger partial charge on any atom is -0.545 e. The molecule has 2 aromatic rings. The highest BCUT2D eigenvalue weighted by Crippen LogP contribution is 2.28. The average Bonchev–Trinajstić information content (AvgIpc) is 2.51. The molecule has 0 fully saturated rings. The summed E-state index contributed by atoms with van der Waals surface area (Å²) in [5.41, 5.74) is 1.38. The zero-order chi connectivity index (χ0) is 16.8. The van der Waals surface area contributed by atoms with E-state index in [0.29, 0.717) is 21.5 Å². The third kappa shape index (κ3) is 5.16. The Bertz CT molecular complexity index is 700. The fourth-order valence-electron chi connectivity index (χ4n) is 1.80. The molecule has 0 radical (unpaired) electrons. The van der Waals surface area contributed by atoms with Gasteiger partial charge in [-0.3, -0.25) is 4.79 Å². The highest BCUT2D eigenvalue weighted by Gasteiger charge is 2.08. The van der Waals surface area contributed by atoms with Gasteiger partial charge in [-0.1, -0.05) is 41.4 Å². The van der Waals surface area contributed by atoms with Gasteiger partial charge in [-0.25, -0.2) is 0 Å². The number of rotatable bonds is 6. The number of amides is 1. The fourth-order valence-corrected chi connectivity index (χ4v) is 3.37. The van der Waals surface area contributed by atoms with Gasteiger partial charge in [-0.05, 0) is 35.4 Å². The first-order chi connectivity index (χ1) is 11.0. The van der Waals surface area contributed by atoms with Crippen molar-refractivity contribution >= 4 is 52.5 Å². The Morgan fingerprint density at radius 2 is 1.65 bits per heavy atom. The maximum atomic E-state index is 11.9. The number of carboxylic acids is 1. The number of aromatic carboxylic acids is 1. The second-order valence-electron chi connectivity index (χ2n) is 4.61. The van der Waals surface area contributed by atoms with E-state index in [1.165, 1.54) is 36.0 Å². The molecule has 2 aromatic carbocycles. The molecule has 0 aliphatic carbocycles. The van der Waals surface area contributed by atoms with Gasteiger partial charge < -0.3 is 15.2 Å². The van der Waals surface area contributed by atoms with Crippen molar-refractivity contribution in [3.8, 4) is 0 Å². The standard InChI is InChI=1S/C16H13Cl2NO3S/c17-13-2-1-3-14(18)12(13)8-23-9-15(20)19-11-6-4-10(5-7-11)16(21)22/h1-7H,8-9H2,(H,19,20)(H,21,22)/p-1. The minimum atomic E-state index is -1.25. The lowest BCUT2D eigenvalue weighted by Gasteiger charge is -2.08. The predicted molar refractivity (Wildman–Crippen MR) is 92.0 cm³/mol. The van der Waals surface area contributed by atoms with Gasteiger partial charge in [0, 0.05) is 21.5 Å². The van der Waals surface area contributed by atoms with Gasteiger partial charge in [0.25, 0.3) is 0 Å². The van der Waals surface area contributed by atoms with Crippen molar-refractivity contribution in [1.29, 1.82) is 0 Å². The highest BCUT2D eigenvalue weighted by molar-refractivity contribution is 7.99. The summed E-state index contributed by atoms with van der Waals surface area (Å²) in [6.07, 6.45) is 0. The van der Waals surface area contributed by atoms with Crippen LogP contribution in [0.2, 0.25) is 10.0 Å². The zero-order valence-corrected chi connectivity index (χ0v) is 14.2. The lowest BCUT2D eigenvalue weighted by Crippen LogP contribution is -2.22. The van der Waals surface area contributed by atoms with Gasteiger partial charge in [0.1, 0.15) is 0 Å². The van der Waals surface area contributed by atoms with Crippen LogP contribution in [0.25, 0.3) is 0 Å². The molecule has 0 saturated carbocycles. The number of thioether (sulfide) groups is 1. The third-order valence-corrected chi connectivity index (χ3v) is 4.61. The van der Waals surface area contributed by atoms with Crippen LogP contribution in [0.15, 0.2) is 42.5 Å². The first kappa shape index (κ1) is 17.7. The van der Waals surface area contributed by atoms with Gasteiger partial charge in [0.05, 0.1) is 11.7 Å². The van der Waals surface area contributed by atoms with E-state index in [1.54, 1.807) is 18.2 Å². The Morgan fingerprint density at radius 1 is 1.04 bits per heavy atom. The van der Waals surface area contributed by atoms with Crippen LogP contribution < -0.4 is 10.4 Å². The van der Waals surface area contributed by atoms with Crippen molar-refractivity contribution < 1.29 is 14.7 Å². The Morgan fingerprint density at radius 3 is 2.22 bits per heavy atom. The number of hydrogen-bond acceptors (Lipinski definition) is 4. The maximum Gasteiger partial charge on any atom is 0.234 e. The SMILES string of the molecule is O=C(CSCc1c(Cl)cccc1Cl)Nc1ccc(C(=O)[O-])cc1. The van der Waals surface area contributed by atoms with E-state index < -0.39 is 5.97 Å². The number of anilines is 1. The number of halogens is 2. The summed E-state index contributed by atoms with van der Waals surface area (Å²) in [5.74, 6) is -0.700. The number of hydrogen-bond donors (Lipinski definition) is 1. The van der Waals surface area contributed by atoms with E-state index in [2.05, 4.69) is 5.32 Å². The van der Waals surface area contributed by atoms with Crippen LogP contribution in [0.1, 0.15) is 15.9 Å². The largest absolute Gasteiger partial charge is 0.545 e. The van der Waals surface area contributed by atoms with Crippen LogP contribution in [0.3, 0.4) is 0 Å². The maximum absolute atomic E-state index is 11.9. The van der Waals surface area contributed by atoms with Crippen LogP contribution in [-0.2, 0) is 10.5 Å². The van der Waals surface area contributed by atoms with E-state index in [0.717, 1.165) is 5.56 Å². The van der Waals surface area contributed by atoms with Gasteiger partial charge in [0.2, 0.25) is 5.91 Å². The molecule has 0 unspecified atom stereocenters. The third-order valence-electron chi connectivity index (χ3n) is 2.95. The van der Waals surface area contributed by atoms with Crippen molar-refractivity contribution in [2.45, 2.75) is 5.75 Å². The Balaban J connectivity index is 1.84. The van der Waals surface area contributed by atoms with Crippen LogP contribution >= 0.6 is 35.0 Å². The lowest BCUT2D eigenvalue weighted by molar-refractivity contribution is -0.255. The number of carbonyl (C=O) groups is 2. The first-order valence-electron chi connectivity index (χ1n) is 6.59. The number of nitrogens with one attached hydrogen (secondary N) is 1. The molecule has 0 spiro atoms. The van der Waals surface area contributed by atoms with E-state index in [-0.39, 0.29) is 17.2 Å². The summed E-state index contributed by atoms with van der Waals surface area (Å²) in [6.45, 7) is 0. The second kappa shape index (κ2) is 8.24. The molecular formula is C16H12Cl2NO3S-. The number of carboxylic acid groups (broad SMARTS) is 1. The van der Waals surface area contributed by atoms with Crippen molar-refractivity contribution in [2.75, 3.05) is 11.1 Å². The average molecular weight is 369 g/mol. The molecule has 0 aliphatic rings. The summed E-state index contributed by atoms with van der Waals surface area (Å²) in [4.78, 5) is 22.5. The topological polar surface area (TPSA) is 69.2 Å². The minimum absolute atomic E-state index is 0.0609. The molecule has 0 heterocycles. The molecule has 0 aliphatic heterocycles. The van der Waals surface area contributed by atoms with Crippen LogP contribution in [0.4, 0.5) is 5.69 Å². The Hall–Kier alpha value is -1.69. The van der Waals surface area contributed by atoms with Crippen LogP contribution in [0, 0.1) is 0 Å². The summed E-state index contributed by atoms with van der Waals surface area (Å²) >= 11 is 13.5. The number of carbonyl (C=O) groups excluding carboxylic acids is 2. The molecule has 0 aromatic heterocycles. The summed E-state index contributed by atoms with van der Waals surface area (Å²) < 4.78 is 0. The molecule has 120 valence electrons. The lowest BCUT2D eigenvalue weighted by atomic mass is 10.2. The molecule has 0 atom stereocenters. The van der Waals surface area contributed by atoms with Crippen molar-refractivity contribution in [2.24, 2.45) is 0 Å². The molecule has 4 nitrogen and oxygen atoms in total. The smallest absolute Gasteiger partial charge is 0.234 e. The zero-order valence-electron chi connectivity index (χ0n) is 11.8. The van der Waals surface area contributed by atoms with E-state index in [1.807, 2.05) is 0 Å².